The Hall–Kier alpha value is -4.64. The number of carbonyl (C=O) groups is 3. The SMILES string of the molecule is Cc1cc(-c2ccc3c(C(=O)Nc4cc(NC(=O)CN5CCC[C@@H]5C)cnc4C)nnn3c2)ccc1C(N)=O. The fourth-order valence-corrected chi connectivity index (χ4v) is 4.87. The van der Waals surface area contributed by atoms with Crippen LogP contribution >= 0.6 is 0 Å². The average Bonchev–Trinajstić information content (AvgIpc) is 3.51. The standard InChI is InChI=1S/C28H30N8O3/c1-16-11-19(6-8-22(16)27(29)38)20-7-9-24-26(33-34-36(24)14-20)28(39)32-23-12-21(13-30-18(23)3)31-25(37)15-35-10-4-5-17(35)2/h6-9,11-14,17H,4-5,10,15H2,1-3H3,(H2,29,38)(H,31,37)(H,32,39)/t17-/m0/s1. The number of amides is 3. The number of likely N-dealkylation sites (tertiary alicyclic amines) is 1. The lowest BCUT2D eigenvalue weighted by molar-refractivity contribution is -0.117. The number of aryl methyl sites for hydroxylation is 2. The lowest BCUT2D eigenvalue weighted by atomic mass is 10.0. The molecule has 4 heterocycles. The molecule has 1 aromatic carbocycles. The molecule has 11 nitrogen and oxygen atoms in total. The van der Waals surface area contributed by atoms with Gasteiger partial charge in [0.05, 0.1) is 35.3 Å². The van der Waals surface area contributed by atoms with E-state index >= 15 is 0 Å². The molecular formula is C28H30N8O3. The Balaban J connectivity index is 1.31. The molecule has 1 aliphatic heterocycles. The number of rotatable bonds is 7. The van der Waals surface area contributed by atoms with Crippen molar-refractivity contribution in [3.05, 3.63) is 71.3 Å². The lowest BCUT2D eigenvalue weighted by Crippen LogP contribution is -2.35. The molecule has 39 heavy (non-hydrogen) atoms. The Morgan fingerprint density at radius 1 is 1.08 bits per heavy atom. The third-order valence-electron chi connectivity index (χ3n) is 7.11. The number of benzene rings is 1. The van der Waals surface area contributed by atoms with Gasteiger partial charge >= 0.3 is 0 Å². The third-order valence-corrected chi connectivity index (χ3v) is 7.11. The highest BCUT2D eigenvalue weighted by molar-refractivity contribution is 6.08. The zero-order valence-corrected chi connectivity index (χ0v) is 22.1. The Morgan fingerprint density at radius 2 is 1.87 bits per heavy atom. The topological polar surface area (TPSA) is 148 Å². The minimum absolute atomic E-state index is 0.119. The van der Waals surface area contributed by atoms with Crippen molar-refractivity contribution in [3.8, 4) is 11.1 Å². The summed E-state index contributed by atoms with van der Waals surface area (Å²) in [5.74, 6) is -1.04. The maximum absolute atomic E-state index is 13.1. The van der Waals surface area contributed by atoms with Crippen molar-refractivity contribution < 1.29 is 14.4 Å². The number of hydrogen-bond donors (Lipinski definition) is 3. The third kappa shape index (κ3) is 5.48. The Labute approximate surface area is 225 Å². The summed E-state index contributed by atoms with van der Waals surface area (Å²) in [6.07, 6.45) is 5.53. The maximum Gasteiger partial charge on any atom is 0.278 e. The number of primary amides is 1. The van der Waals surface area contributed by atoms with Gasteiger partial charge in [0.15, 0.2) is 5.69 Å². The van der Waals surface area contributed by atoms with Crippen molar-refractivity contribution in [2.45, 2.75) is 39.7 Å². The van der Waals surface area contributed by atoms with Crippen LogP contribution in [0.15, 0.2) is 48.8 Å². The molecule has 1 fully saturated rings. The Morgan fingerprint density at radius 3 is 2.59 bits per heavy atom. The van der Waals surface area contributed by atoms with Gasteiger partial charge in [-0.25, -0.2) is 4.52 Å². The second kappa shape index (κ2) is 10.6. The van der Waals surface area contributed by atoms with Crippen LogP contribution in [-0.2, 0) is 4.79 Å². The van der Waals surface area contributed by atoms with Gasteiger partial charge < -0.3 is 16.4 Å². The normalized spacial score (nSPS) is 15.4. The minimum Gasteiger partial charge on any atom is -0.366 e. The summed E-state index contributed by atoms with van der Waals surface area (Å²) in [5, 5.41) is 13.9. The number of fused-ring (bicyclic) bond motifs is 1. The fourth-order valence-electron chi connectivity index (χ4n) is 4.87. The van der Waals surface area contributed by atoms with E-state index in [0.717, 1.165) is 36.1 Å². The van der Waals surface area contributed by atoms with Crippen molar-refractivity contribution in [2.24, 2.45) is 5.73 Å². The summed E-state index contributed by atoms with van der Waals surface area (Å²) in [7, 11) is 0. The highest BCUT2D eigenvalue weighted by atomic mass is 16.2. The number of aromatic nitrogens is 4. The second-order valence-electron chi connectivity index (χ2n) is 9.90. The van der Waals surface area contributed by atoms with Gasteiger partial charge in [-0.2, -0.15) is 0 Å². The van der Waals surface area contributed by atoms with E-state index in [2.05, 4.69) is 37.8 Å². The smallest absolute Gasteiger partial charge is 0.278 e. The predicted octanol–water partition coefficient (Wildman–Crippen LogP) is 3.18. The molecule has 0 bridgehead atoms. The molecule has 4 aromatic rings. The highest BCUT2D eigenvalue weighted by Gasteiger charge is 2.23. The predicted molar refractivity (Wildman–Crippen MR) is 148 cm³/mol. The van der Waals surface area contributed by atoms with E-state index in [-0.39, 0.29) is 11.6 Å². The van der Waals surface area contributed by atoms with Crippen LogP contribution in [0.4, 0.5) is 11.4 Å². The zero-order valence-electron chi connectivity index (χ0n) is 22.1. The molecule has 5 rings (SSSR count). The molecule has 0 saturated carbocycles. The largest absolute Gasteiger partial charge is 0.366 e. The summed E-state index contributed by atoms with van der Waals surface area (Å²) in [5.41, 5.74) is 10.6. The molecular weight excluding hydrogens is 496 g/mol. The number of nitrogens with one attached hydrogen (secondary N) is 2. The van der Waals surface area contributed by atoms with Gasteiger partial charge in [-0.1, -0.05) is 23.4 Å². The molecule has 0 aliphatic carbocycles. The maximum atomic E-state index is 13.1. The zero-order chi connectivity index (χ0) is 27.7. The quantitative estimate of drug-likeness (QED) is 0.335. The number of hydrogen-bond acceptors (Lipinski definition) is 7. The first-order chi connectivity index (χ1) is 18.7. The van der Waals surface area contributed by atoms with Gasteiger partial charge in [0.1, 0.15) is 0 Å². The van der Waals surface area contributed by atoms with Gasteiger partial charge in [0.25, 0.3) is 5.91 Å². The van der Waals surface area contributed by atoms with Crippen molar-refractivity contribution >= 4 is 34.6 Å². The van der Waals surface area contributed by atoms with Crippen molar-refractivity contribution in [2.75, 3.05) is 23.7 Å². The number of pyridine rings is 2. The van der Waals surface area contributed by atoms with Crippen LogP contribution in [0, 0.1) is 13.8 Å². The van der Waals surface area contributed by atoms with Crippen molar-refractivity contribution in [1.82, 2.24) is 24.7 Å². The summed E-state index contributed by atoms with van der Waals surface area (Å²) < 4.78 is 1.53. The molecule has 200 valence electrons. The van der Waals surface area contributed by atoms with Crippen LogP contribution in [0.1, 0.15) is 51.9 Å². The van der Waals surface area contributed by atoms with Crippen LogP contribution in [0.3, 0.4) is 0 Å². The molecule has 1 aliphatic rings. The summed E-state index contributed by atoms with van der Waals surface area (Å²) in [6.45, 7) is 6.96. The first-order valence-corrected chi connectivity index (χ1v) is 12.8. The second-order valence-corrected chi connectivity index (χ2v) is 9.90. The van der Waals surface area contributed by atoms with Gasteiger partial charge in [-0.05, 0) is 69.5 Å². The van der Waals surface area contributed by atoms with E-state index in [1.807, 2.05) is 25.1 Å². The Bertz CT molecular complexity index is 1600. The van der Waals surface area contributed by atoms with E-state index in [0.29, 0.717) is 40.7 Å². The van der Waals surface area contributed by atoms with Crippen molar-refractivity contribution in [1.29, 1.82) is 0 Å². The van der Waals surface area contributed by atoms with Crippen LogP contribution in [-0.4, -0.2) is 61.6 Å². The van der Waals surface area contributed by atoms with E-state index in [9.17, 15) is 14.4 Å². The van der Waals surface area contributed by atoms with Crippen LogP contribution in [0.2, 0.25) is 0 Å². The molecule has 11 heteroatoms. The molecule has 0 radical (unpaired) electrons. The average molecular weight is 527 g/mol. The van der Waals surface area contributed by atoms with E-state index < -0.39 is 11.8 Å². The van der Waals surface area contributed by atoms with Crippen molar-refractivity contribution in [3.63, 3.8) is 0 Å². The van der Waals surface area contributed by atoms with E-state index in [1.54, 1.807) is 37.5 Å². The first-order valence-electron chi connectivity index (χ1n) is 12.8. The van der Waals surface area contributed by atoms with Crippen LogP contribution in [0.25, 0.3) is 16.6 Å². The van der Waals surface area contributed by atoms with E-state index in [1.165, 1.54) is 4.52 Å². The van der Waals surface area contributed by atoms with Gasteiger partial charge in [0.2, 0.25) is 11.8 Å². The molecule has 3 aromatic heterocycles. The number of anilines is 2. The van der Waals surface area contributed by atoms with E-state index in [4.69, 9.17) is 5.73 Å². The first kappa shape index (κ1) is 26.0. The number of carbonyl (C=O) groups excluding carboxylic acids is 3. The molecule has 1 saturated heterocycles. The number of nitrogens with two attached hydrogens (primary N) is 1. The summed E-state index contributed by atoms with van der Waals surface area (Å²) in [6, 6.07) is 11.1. The van der Waals surface area contributed by atoms with Crippen LogP contribution < -0.4 is 16.4 Å². The summed E-state index contributed by atoms with van der Waals surface area (Å²) in [4.78, 5) is 43.7. The Kier molecular flexibility index (Phi) is 7.07. The monoisotopic (exact) mass is 526 g/mol. The molecule has 1 atom stereocenters. The van der Waals surface area contributed by atoms with Crippen LogP contribution in [0.5, 0.6) is 0 Å². The molecule has 4 N–H and O–H groups in total. The van der Waals surface area contributed by atoms with Gasteiger partial charge in [0, 0.05) is 23.4 Å². The van der Waals surface area contributed by atoms with Gasteiger partial charge in [-0.3, -0.25) is 24.3 Å². The lowest BCUT2D eigenvalue weighted by Gasteiger charge is -2.20. The van der Waals surface area contributed by atoms with Gasteiger partial charge in [-0.15, -0.1) is 5.10 Å². The summed E-state index contributed by atoms with van der Waals surface area (Å²) >= 11 is 0. The highest BCUT2D eigenvalue weighted by Crippen LogP contribution is 2.25. The molecule has 0 unspecified atom stereocenters. The fraction of sp³-hybridized carbons (Fsp3) is 0.286. The number of nitrogens with zero attached hydrogens (tertiary/aromatic N) is 5. The molecule has 0 spiro atoms. The molecule has 3 amide bonds. The minimum atomic E-state index is -0.475.